The molecule has 0 saturated carbocycles. The smallest absolute Gasteiger partial charge is 0.0713 e. The predicted octanol–water partition coefficient (Wildman–Crippen LogP) is 33.5. The van der Waals surface area contributed by atoms with E-state index in [1.807, 2.05) is 6.07 Å². The van der Waals surface area contributed by atoms with E-state index >= 15 is 0 Å². The Morgan fingerprint density at radius 2 is 0.385 bits per heavy atom. The van der Waals surface area contributed by atoms with Gasteiger partial charge in [-0.3, -0.25) is 0 Å². The Labute approximate surface area is 765 Å². The fraction of sp³-hybridized carbons (Fsp3) is 0.0635. The molecular weight excluding hydrogens is 1570 g/mol. The maximum atomic E-state index is 3.71. The molecule has 20 aromatic carbocycles. The molecule has 4 heteroatoms. The molecule has 24 rings (SSSR count). The van der Waals surface area contributed by atoms with Crippen LogP contribution in [0.2, 0.25) is 0 Å². The maximum absolute atomic E-state index is 3.71. The van der Waals surface area contributed by atoms with Gasteiger partial charge in [-0.05, 0) is 259 Å². The number of fused-ring (bicyclic) bond motifs is 13. The lowest BCUT2D eigenvalue weighted by atomic mass is 9.68. The average molecular weight is 1670 g/mol. The van der Waals surface area contributed by atoms with Crippen LogP contribution in [0.3, 0.4) is 0 Å². The Bertz CT molecular complexity index is 7350. The molecule has 0 spiro atoms. The van der Waals surface area contributed by atoms with Crippen molar-refractivity contribution in [2.75, 3.05) is 21.3 Å². The topological polar surface area (TPSA) is 48.1 Å². The van der Waals surface area contributed by atoms with Gasteiger partial charge in [-0.1, -0.05) is 422 Å². The molecule has 0 fully saturated rings. The zero-order valence-electron chi connectivity index (χ0n) is 73.3. The van der Waals surface area contributed by atoms with Crippen LogP contribution in [0.1, 0.15) is 95.9 Å². The minimum absolute atomic E-state index is 0. The first-order chi connectivity index (χ1) is 63.9. The summed E-state index contributed by atoms with van der Waals surface area (Å²) in [4.78, 5) is 0. The standard InChI is InChI=1S/C37H27N.C33H27N.C31H23N.C25H21N.H2/c1-4-12-27(13-5-1)28-20-22-31(23-21-28)38-32-24-25-36-34(26-32)33-18-10-11-19-35(33)37(36,29-14-6-2-7-15-29)30-16-8-3-9-17-30;1-33(2)31-16-10-9-15-29(31)30-22-27(17-18-32(30)33)34-28-20-25(23-11-5-3-6-12-23)19-26(21-28)24-13-7-4-8-14-24;1-4-12-23(13-5-1)31(24-14-6-2-7-15-24)29-19-11-10-18-27(29)28-22-26(20-21-30(28)31)32-25-16-8-3-9-17-25;1-25(2)23-10-6-5-9-21(23)22-16-20(13-14-24(22)25)26-19-12-11-17-7-3-4-8-18(17)15-19;/h1-26,38H;3-22,34H,1-2H3;1-22,32H;3-16,26H,1-2H3;1H. The fourth-order valence-corrected chi connectivity index (χ4v) is 20.8. The molecule has 0 amide bonds. The van der Waals surface area contributed by atoms with Crippen molar-refractivity contribution in [1.29, 1.82) is 0 Å². The van der Waals surface area contributed by atoms with Crippen LogP contribution in [-0.2, 0) is 21.7 Å². The molecule has 0 atom stereocenters. The highest BCUT2D eigenvalue weighted by Crippen LogP contribution is 2.60. The van der Waals surface area contributed by atoms with Gasteiger partial charge < -0.3 is 21.3 Å². The van der Waals surface area contributed by atoms with Crippen molar-refractivity contribution in [3.63, 3.8) is 0 Å². The Morgan fingerprint density at radius 3 is 0.777 bits per heavy atom. The van der Waals surface area contributed by atoms with Gasteiger partial charge in [0.05, 0.1) is 10.8 Å². The number of anilines is 8. The van der Waals surface area contributed by atoms with Crippen LogP contribution in [0.4, 0.5) is 45.5 Å². The van der Waals surface area contributed by atoms with Crippen LogP contribution >= 0.6 is 0 Å². The molecular formula is C126H100N4. The number of rotatable bonds is 15. The molecule has 0 bridgehead atoms. The van der Waals surface area contributed by atoms with Crippen LogP contribution < -0.4 is 21.3 Å². The highest BCUT2D eigenvalue weighted by Gasteiger charge is 2.48. The van der Waals surface area contributed by atoms with Gasteiger partial charge in [-0.25, -0.2) is 0 Å². The zero-order chi connectivity index (χ0) is 87.6. The Morgan fingerprint density at radius 1 is 0.146 bits per heavy atom. The van der Waals surface area contributed by atoms with Gasteiger partial charge in [-0.15, -0.1) is 0 Å². The van der Waals surface area contributed by atoms with Gasteiger partial charge in [0.2, 0.25) is 0 Å². The van der Waals surface area contributed by atoms with E-state index in [0.717, 1.165) is 45.5 Å². The predicted molar refractivity (Wildman–Crippen MR) is 550 cm³/mol. The molecule has 130 heavy (non-hydrogen) atoms. The second kappa shape index (κ2) is 34.7. The molecule has 0 aliphatic heterocycles. The van der Waals surface area contributed by atoms with E-state index in [1.165, 1.54) is 155 Å². The van der Waals surface area contributed by atoms with Crippen molar-refractivity contribution >= 4 is 56.3 Å². The van der Waals surface area contributed by atoms with E-state index in [-0.39, 0.29) is 23.1 Å². The van der Waals surface area contributed by atoms with E-state index in [4.69, 9.17) is 0 Å². The lowest BCUT2D eigenvalue weighted by Gasteiger charge is -2.33. The third kappa shape index (κ3) is 15.1. The van der Waals surface area contributed by atoms with E-state index < -0.39 is 0 Å². The van der Waals surface area contributed by atoms with Gasteiger partial charge in [0.1, 0.15) is 0 Å². The summed E-state index contributed by atoms with van der Waals surface area (Å²) in [6.45, 7) is 9.27. The van der Waals surface area contributed by atoms with E-state index in [0.29, 0.717) is 0 Å². The molecule has 624 valence electrons. The number of benzene rings is 20. The molecule has 0 unspecified atom stereocenters. The largest absolute Gasteiger partial charge is 0.356 e. The third-order valence-corrected chi connectivity index (χ3v) is 26.9. The normalized spacial score (nSPS) is 13.3. The summed E-state index contributed by atoms with van der Waals surface area (Å²) in [7, 11) is 0. The minimum Gasteiger partial charge on any atom is -0.356 e. The van der Waals surface area contributed by atoms with Crippen LogP contribution in [-0.4, -0.2) is 0 Å². The summed E-state index contributed by atoms with van der Waals surface area (Å²) in [6, 6.07) is 179. The molecule has 4 aliphatic rings. The molecule has 20 aromatic rings. The molecule has 0 heterocycles. The quantitative estimate of drug-likeness (QED) is 0.0826. The van der Waals surface area contributed by atoms with Crippen molar-refractivity contribution in [3.05, 3.63) is 564 Å². The highest BCUT2D eigenvalue weighted by atomic mass is 14.9. The maximum Gasteiger partial charge on any atom is 0.0713 e. The van der Waals surface area contributed by atoms with Crippen molar-refractivity contribution in [2.45, 2.75) is 49.4 Å². The van der Waals surface area contributed by atoms with Crippen molar-refractivity contribution in [3.8, 4) is 77.9 Å². The van der Waals surface area contributed by atoms with Crippen LogP contribution in [0.15, 0.2) is 497 Å². The number of nitrogens with one attached hydrogen (secondary N) is 4. The average Bonchev–Trinajstić information content (AvgIpc) is 1.55. The zero-order valence-corrected chi connectivity index (χ0v) is 73.3. The van der Waals surface area contributed by atoms with Crippen molar-refractivity contribution in [2.24, 2.45) is 0 Å². The summed E-state index contributed by atoms with van der Waals surface area (Å²) in [5, 5.41) is 17.0. The monoisotopic (exact) mass is 1670 g/mol. The van der Waals surface area contributed by atoms with Gasteiger partial charge in [-0.2, -0.15) is 0 Å². The van der Waals surface area contributed by atoms with Gasteiger partial charge in [0.15, 0.2) is 0 Å². The van der Waals surface area contributed by atoms with Crippen LogP contribution in [0.5, 0.6) is 0 Å². The Balaban J connectivity index is 0.000000110. The first-order valence-corrected chi connectivity index (χ1v) is 45.2. The summed E-state index contributed by atoms with van der Waals surface area (Å²) >= 11 is 0. The minimum atomic E-state index is -0.357. The van der Waals surface area contributed by atoms with Gasteiger partial charge >= 0.3 is 0 Å². The number of hydrogen-bond donors (Lipinski definition) is 4. The summed E-state index contributed by atoms with van der Waals surface area (Å²) in [5.74, 6) is 0. The lowest BCUT2D eigenvalue weighted by Crippen LogP contribution is -2.28. The van der Waals surface area contributed by atoms with Crippen molar-refractivity contribution in [1.82, 2.24) is 0 Å². The molecule has 4 N–H and O–H groups in total. The summed E-state index contributed by atoms with van der Waals surface area (Å²) in [5.41, 5.74) is 42.1. The SMILES string of the molecule is CC1(C)c2ccccc2-c2cc(Nc3cc(-c4ccccc4)cc(-c4ccccc4)c3)ccc21.CC1(C)c2ccccc2-c2cc(Nc3ccc4ccccc4c3)ccc21.[HH].c1ccc(-c2ccc(Nc3ccc4c(c3)-c3ccccc3C4(c3ccccc3)c3ccccc3)cc2)cc1.c1ccc(Nc2ccc3c(c2)-c2ccccc2C3(c2ccccc2)c2ccccc2)cc1. The summed E-state index contributed by atoms with van der Waals surface area (Å²) in [6.07, 6.45) is 0. The Kier molecular flexibility index (Phi) is 21.6. The number of para-hydroxylation sites is 1. The van der Waals surface area contributed by atoms with E-state index in [1.54, 1.807) is 0 Å². The summed E-state index contributed by atoms with van der Waals surface area (Å²) < 4.78 is 0. The fourth-order valence-electron chi connectivity index (χ4n) is 20.8. The number of hydrogen-bond acceptors (Lipinski definition) is 4. The second-order valence-electron chi connectivity index (χ2n) is 35.3. The van der Waals surface area contributed by atoms with Crippen LogP contribution in [0.25, 0.3) is 88.7 Å². The third-order valence-electron chi connectivity index (χ3n) is 26.9. The molecule has 0 aromatic heterocycles. The second-order valence-corrected chi connectivity index (χ2v) is 35.3. The van der Waals surface area contributed by atoms with Crippen molar-refractivity contribution < 1.29 is 1.43 Å². The molecule has 0 radical (unpaired) electrons. The first-order valence-electron chi connectivity index (χ1n) is 45.2. The highest BCUT2D eigenvalue weighted by molar-refractivity contribution is 5.93. The van der Waals surface area contributed by atoms with Crippen LogP contribution in [0, 0.1) is 0 Å². The molecule has 4 nitrogen and oxygen atoms in total. The molecule has 4 aliphatic carbocycles. The van der Waals surface area contributed by atoms with E-state index in [9.17, 15) is 0 Å². The lowest BCUT2D eigenvalue weighted by molar-refractivity contribution is 0.660. The Hall–Kier alpha value is -16.1. The van der Waals surface area contributed by atoms with Gasteiger partial charge in [0, 0.05) is 57.8 Å². The first kappa shape index (κ1) is 80.9. The molecule has 0 saturated heterocycles. The van der Waals surface area contributed by atoms with Gasteiger partial charge in [0.25, 0.3) is 0 Å². The van der Waals surface area contributed by atoms with E-state index in [2.05, 4.69) is 540 Å².